The van der Waals surface area contributed by atoms with Crippen molar-refractivity contribution in [1.29, 1.82) is 0 Å². The second-order valence-corrected chi connectivity index (χ2v) is 6.36. The molecular formula is C15H28N4O. The lowest BCUT2D eigenvalue weighted by Gasteiger charge is -2.23. The Morgan fingerprint density at radius 3 is 2.85 bits per heavy atom. The molecule has 3 aliphatic rings. The first kappa shape index (κ1) is 14.1. The van der Waals surface area contributed by atoms with Crippen LogP contribution < -0.4 is 10.6 Å². The Kier molecular flexibility index (Phi) is 4.46. The highest BCUT2D eigenvalue weighted by Crippen LogP contribution is 2.34. The number of guanidine groups is 1. The molecule has 0 aromatic carbocycles. The minimum atomic E-state index is 0.403. The van der Waals surface area contributed by atoms with Gasteiger partial charge in [-0.05, 0) is 44.7 Å². The third-order valence-electron chi connectivity index (χ3n) is 5.03. The maximum atomic E-state index is 5.88. The van der Waals surface area contributed by atoms with Crippen molar-refractivity contribution in [2.24, 2.45) is 10.9 Å². The van der Waals surface area contributed by atoms with Crippen molar-refractivity contribution in [3.63, 3.8) is 0 Å². The zero-order valence-electron chi connectivity index (χ0n) is 12.8. The normalized spacial score (nSPS) is 37.6. The Balaban J connectivity index is 1.42. The molecule has 114 valence electrons. The van der Waals surface area contributed by atoms with Gasteiger partial charge in [-0.15, -0.1) is 0 Å². The second kappa shape index (κ2) is 6.31. The van der Waals surface area contributed by atoms with Crippen molar-refractivity contribution in [2.75, 3.05) is 33.2 Å². The number of rotatable bonds is 4. The van der Waals surface area contributed by atoms with Crippen LogP contribution >= 0.6 is 0 Å². The average Bonchev–Trinajstić information content (AvgIpc) is 3.19. The molecule has 5 heteroatoms. The van der Waals surface area contributed by atoms with Gasteiger partial charge in [0.1, 0.15) is 0 Å². The van der Waals surface area contributed by atoms with Gasteiger partial charge in [0.15, 0.2) is 5.96 Å². The van der Waals surface area contributed by atoms with E-state index in [0.717, 1.165) is 24.8 Å². The zero-order chi connectivity index (χ0) is 13.9. The van der Waals surface area contributed by atoms with E-state index in [4.69, 9.17) is 4.74 Å². The first-order valence-corrected chi connectivity index (χ1v) is 8.13. The molecule has 0 radical (unpaired) electrons. The number of fused-ring (bicyclic) bond motifs is 2. The highest BCUT2D eigenvalue weighted by Gasteiger charge is 2.41. The van der Waals surface area contributed by atoms with Gasteiger partial charge in [-0.2, -0.15) is 0 Å². The molecule has 0 amide bonds. The molecular weight excluding hydrogens is 252 g/mol. The third-order valence-corrected chi connectivity index (χ3v) is 5.03. The number of nitrogens with zero attached hydrogens (tertiary/aromatic N) is 2. The van der Waals surface area contributed by atoms with Crippen LogP contribution in [-0.4, -0.2) is 62.3 Å². The molecule has 0 spiro atoms. The summed E-state index contributed by atoms with van der Waals surface area (Å²) in [5.74, 6) is 1.70. The van der Waals surface area contributed by atoms with Crippen LogP contribution in [0, 0.1) is 5.92 Å². The van der Waals surface area contributed by atoms with Crippen molar-refractivity contribution in [3.8, 4) is 0 Å². The van der Waals surface area contributed by atoms with E-state index in [9.17, 15) is 0 Å². The number of aliphatic imine (C=N–C) groups is 1. The monoisotopic (exact) mass is 280 g/mol. The molecule has 0 aromatic heterocycles. The van der Waals surface area contributed by atoms with Crippen molar-refractivity contribution in [2.45, 2.75) is 50.9 Å². The third kappa shape index (κ3) is 3.09. The summed E-state index contributed by atoms with van der Waals surface area (Å²) in [6, 6.07) is 0.454. The van der Waals surface area contributed by atoms with Gasteiger partial charge in [0.2, 0.25) is 0 Å². The van der Waals surface area contributed by atoms with Crippen LogP contribution in [-0.2, 0) is 4.74 Å². The summed E-state index contributed by atoms with van der Waals surface area (Å²) in [7, 11) is 1.86. The van der Waals surface area contributed by atoms with Crippen LogP contribution in [0.25, 0.3) is 0 Å². The molecule has 0 aliphatic carbocycles. The van der Waals surface area contributed by atoms with E-state index in [-0.39, 0.29) is 0 Å². The van der Waals surface area contributed by atoms with Crippen molar-refractivity contribution >= 4 is 5.96 Å². The van der Waals surface area contributed by atoms with Crippen LogP contribution in [0.2, 0.25) is 0 Å². The number of hydrogen-bond donors (Lipinski definition) is 2. The summed E-state index contributed by atoms with van der Waals surface area (Å²) in [6.07, 6.45) is 5.77. The lowest BCUT2D eigenvalue weighted by molar-refractivity contribution is 0.0992. The summed E-state index contributed by atoms with van der Waals surface area (Å²) in [5, 5.41) is 7.05. The van der Waals surface area contributed by atoms with Crippen LogP contribution in [0.3, 0.4) is 0 Å². The predicted octanol–water partition coefficient (Wildman–Crippen LogP) is 0.813. The fourth-order valence-corrected chi connectivity index (χ4v) is 3.77. The van der Waals surface area contributed by atoms with Crippen LogP contribution in [0.1, 0.15) is 32.6 Å². The van der Waals surface area contributed by atoms with Gasteiger partial charge in [-0.3, -0.25) is 4.99 Å². The molecule has 5 nitrogen and oxygen atoms in total. The number of ether oxygens (including phenoxy) is 1. The molecule has 4 unspecified atom stereocenters. The summed E-state index contributed by atoms with van der Waals surface area (Å²) in [4.78, 5) is 6.88. The Bertz CT molecular complexity index is 360. The molecule has 20 heavy (non-hydrogen) atoms. The van der Waals surface area contributed by atoms with Gasteiger partial charge >= 0.3 is 0 Å². The largest absolute Gasteiger partial charge is 0.373 e. The average molecular weight is 280 g/mol. The standard InChI is InChI=1S/C15H28N4O/c1-3-19-7-6-11(10-19)9-17-15(16-2)18-13-8-12-4-5-14(13)20-12/h11-14H,3-10H2,1-2H3,(H2,16,17,18). The fraction of sp³-hybridized carbons (Fsp3) is 0.933. The van der Waals surface area contributed by atoms with Gasteiger partial charge in [0.05, 0.1) is 18.2 Å². The highest BCUT2D eigenvalue weighted by atomic mass is 16.5. The van der Waals surface area contributed by atoms with E-state index < -0.39 is 0 Å². The molecule has 0 aromatic rings. The molecule has 3 fully saturated rings. The van der Waals surface area contributed by atoms with Gasteiger partial charge in [0, 0.05) is 20.1 Å². The Hall–Kier alpha value is -0.810. The minimum absolute atomic E-state index is 0.403. The van der Waals surface area contributed by atoms with Gasteiger partial charge < -0.3 is 20.3 Å². The molecule has 3 saturated heterocycles. The fourth-order valence-electron chi connectivity index (χ4n) is 3.77. The molecule has 3 aliphatic heterocycles. The second-order valence-electron chi connectivity index (χ2n) is 6.36. The van der Waals surface area contributed by atoms with Crippen LogP contribution in [0.5, 0.6) is 0 Å². The van der Waals surface area contributed by atoms with Gasteiger partial charge in [-0.1, -0.05) is 6.92 Å². The Morgan fingerprint density at radius 1 is 1.35 bits per heavy atom. The highest BCUT2D eigenvalue weighted by molar-refractivity contribution is 5.80. The summed E-state index contributed by atoms with van der Waals surface area (Å²) in [6.45, 7) is 6.90. The number of hydrogen-bond acceptors (Lipinski definition) is 3. The summed E-state index contributed by atoms with van der Waals surface area (Å²) < 4.78 is 5.88. The topological polar surface area (TPSA) is 48.9 Å². The lowest BCUT2D eigenvalue weighted by atomic mass is 9.96. The van der Waals surface area contributed by atoms with E-state index >= 15 is 0 Å². The van der Waals surface area contributed by atoms with Crippen LogP contribution in [0.4, 0.5) is 0 Å². The molecule has 3 rings (SSSR count). The van der Waals surface area contributed by atoms with Crippen molar-refractivity contribution in [1.82, 2.24) is 15.5 Å². The van der Waals surface area contributed by atoms with Gasteiger partial charge in [-0.25, -0.2) is 0 Å². The van der Waals surface area contributed by atoms with E-state index in [1.807, 2.05) is 7.05 Å². The Morgan fingerprint density at radius 2 is 2.25 bits per heavy atom. The summed E-state index contributed by atoms with van der Waals surface area (Å²) in [5.41, 5.74) is 0. The van der Waals surface area contributed by atoms with E-state index in [0.29, 0.717) is 18.2 Å². The van der Waals surface area contributed by atoms with E-state index in [1.165, 1.54) is 38.9 Å². The maximum absolute atomic E-state index is 5.88. The molecule has 0 saturated carbocycles. The SMILES string of the molecule is CCN1CCC(CNC(=NC)NC2CC3CCC2O3)C1. The lowest BCUT2D eigenvalue weighted by Crippen LogP contribution is -2.48. The minimum Gasteiger partial charge on any atom is -0.373 e. The zero-order valence-corrected chi connectivity index (χ0v) is 12.8. The first-order valence-electron chi connectivity index (χ1n) is 8.13. The summed E-state index contributed by atoms with van der Waals surface area (Å²) >= 11 is 0. The van der Waals surface area contributed by atoms with Crippen molar-refractivity contribution < 1.29 is 4.74 Å². The Labute approximate surface area is 122 Å². The first-order chi connectivity index (χ1) is 9.78. The number of nitrogens with one attached hydrogen (secondary N) is 2. The molecule has 2 N–H and O–H groups in total. The molecule has 4 atom stereocenters. The molecule has 2 bridgehead atoms. The predicted molar refractivity (Wildman–Crippen MR) is 81.0 cm³/mol. The van der Waals surface area contributed by atoms with Gasteiger partial charge in [0.25, 0.3) is 0 Å². The quantitative estimate of drug-likeness (QED) is 0.591. The molecule has 3 heterocycles. The number of likely N-dealkylation sites (tertiary alicyclic amines) is 1. The smallest absolute Gasteiger partial charge is 0.191 e. The van der Waals surface area contributed by atoms with Crippen LogP contribution in [0.15, 0.2) is 4.99 Å². The van der Waals surface area contributed by atoms with E-state index in [2.05, 4.69) is 27.4 Å². The van der Waals surface area contributed by atoms with Crippen molar-refractivity contribution in [3.05, 3.63) is 0 Å². The maximum Gasteiger partial charge on any atom is 0.191 e. The van der Waals surface area contributed by atoms with E-state index in [1.54, 1.807) is 0 Å².